The Hall–Kier alpha value is -4.81. The maximum atomic E-state index is 13.8. The summed E-state index contributed by atoms with van der Waals surface area (Å²) in [5, 5.41) is 19.0. The fraction of sp³-hybridized carbons (Fsp3) is 0.302. The first kappa shape index (κ1) is 41.9. The van der Waals surface area contributed by atoms with Gasteiger partial charge in [-0.25, -0.2) is 18.4 Å². The van der Waals surface area contributed by atoms with Crippen molar-refractivity contribution in [2.45, 2.75) is 28.1 Å². The van der Waals surface area contributed by atoms with Crippen molar-refractivity contribution in [1.29, 1.82) is 0 Å². The number of benzene rings is 4. The minimum Gasteiger partial charge on any atom is -0.379 e. The van der Waals surface area contributed by atoms with Crippen molar-refractivity contribution in [1.82, 2.24) is 19.8 Å². The van der Waals surface area contributed by atoms with Crippen molar-refractivity contribution in [3.63, 3.8) is 0 Å². The molecular formula is C43H45ClN8O5S3. The van der Waals surface area contributed by atoms with E-state index in [1.165, 1.54) is 29.6 Å². The number of fused-ring (bicyclic) bond motifs is 1. The van der Waals surface area contributed by atoms with Crippen LogP contribution in [0.5, 0.6) is 0 Å². The number of piperazine rings is 1. The molecule has 2 aromatic heterocycles. The highest BCUT2D eigenvalue weighted by Gasteiger charge is 2.26. The second-order valence-electron chi connectivity index (χ2n) is 14.7. The number of ether oxygens (including phenoxy) is 1. The van der Waals surface area contributed by atoms with E-state index in [1.54, 1.807) is 23.1 Å². The first-order valence-corrected chi connectivity index (χ1v) is 23.5. The summed E-state index contributed by atoms with van der Waals surface area (Å²) in [5.41, 5.74) is 5.01. The molecule has 0 radical (unpaired) electrons. The number of hydrogen-bond donors (Lipinski definition) is 2. The van der Waals surface area contributed by atoms with Crippen molar-refractivity contribution < 1.29 is 18.1 Å². The third kappa shape index (κ3) is 10.4. The molecule has 1 atom stereocenters. The Morgan fingerprint density at radius 3 is 2.48 bits per heavy atom. The smallest absolute Gasteiger partial charge is 0.293 e. The Labute approximate surface area is 362 Å². The summed E-state index contributed by atoms with van der Waals surface area (Å²) >= 11 is 9.77. The zero-order valence-corrected chi connectivity index (χ0v) is 36.0. The second-order valence-corrected chi connectivity index (χ2v) is 19.1. The van der Waals surface area contributed by atoms with Gasteiger partial charge in [0, 0.05) is 86.3 Å². The van der Waals surface area contributed by atoms with Crippen molar-refractivity contribution in [3.05, 3.63) is 129 Å². The van der Waals surface area contributed by atoms with E-state index >= 15 is 0 Å². The van der Waals surface area contributed by atoms with Gasteiger partial charge >= 0.3 is 0 Å². The van der Waals surface area contributed by atoms with E-state index < -0.39 is 14.9 Å². The molecule has 0 aliphatic carbocycles. The lowest BCUT2D eigenvalue weighted by molar-refractivity contribution is -0.384. The first-order valence-electron chi connectivity index (χ1n) is 19.8. The number of rotatable bonds is 16. The Morgan fingerprint density at radius 2 is 1.72 bits per heavy atom. The molecule has 312 valence electrons. The van der Waals surface area contributed by atoms with Crippen molar-refractivity contribution in [2.24, 2.45) is 0 Å². The first-order chi connectivity index (χ1) is 29.2. The number of nitrogens with one attached hydrogen (secondary N) is 2. The largest absolute Gasteiger partial charge is 0.379 e. The molecule has 0 saturated carbocycles. The van der Waals surface area contributed by atoms with E-state index in [9.17, 15) is 18.5 Å². The number of nitrogens with zero attached hydrogens (tertiary/aromatic N) is 6. The van der Waals surface area contributed by atoms with Gasteiger partial charge in [-0.1, -0.05) is 54.1 Å². The molecule has 4 aromatic carbocycles. The van der Waals surface area contributed by atoms with Crippen LogP contribution in [0.15, 0.2) is 118 Å². The van der Waals surface area contributed by atoms with Crippen LogP contribution in [0.1, 0.15) is 12.0 Å². The highest BCUT2D eigenvalue weighted by Crippen LogP contribution is 2.33. The average Bonchev–Trinajstić information content (AvgIpc) is 3.79. The Balaban J connectivity index is 0.937. The van der Waals surface area contributed by atoms with Crippen LogP contribution in [-0.4, -0.2) is 104 Å². The Morgan fingerprint density at radius 1 is 0.900 bits per heavy atom. The third-order valence-corrected chi connectivity index (χ3v) is 14.7. The van der Waals surface area contributed by atoms with Crippen molar-refractivity contribution >= 4 is 78.5 Å². The minimum atomic E-state index is -4.27. The number of nitro groups is 1. The molecule has 2 N–H and O–H groups in total. The fourth-order valence-corrected chi connectivity index (χ4v) is 10.7. The molecule has 4 heterocycles. The van der Waals surface area contributed by atoms with Crippen LogP contribution in [0.25, 0.3) is 22.0 Å². The summed E-state index contributed by atoms with van der Waals surface area (Å²) < 4.78 is 36.8. The van der Waals surface area contributed by atoms with Gasteiger partial charge in [0.15, 0.2) is 5.82 Å². The molecule has 1 unspecified atom stereocenters. The number of nitro benzene ring substituents is 1. The molecule has 13 nitrogen and oxygen atoms in total. The lowest BCUT2D eigenvalue weighted by Crippen LogP contribution is -2.46. The zero-order chi connectivity index (χ0) is 41.5. The topological polar surface area (TPSA) is 146 Å². The molecule has 0 amide bonds. The number of sulfonamides is 1. The van der Waals surface area contributed by atoms with Crippen molar-refractivity contribution in [3.8, 4) is 11.1 Å². The van der Waals surface area contributed by atoms with E-state index in [4.69, 9.17) is 16.3 Å². The fourth-order valence-electron chi connectivity index (χ4n) is 7.57. The van der Waals surface area contributed by atoms with E-state index in [2.05, 4.69) is 65.0 Å². The molecular weight excluding hydrogens is 840 g/mol. The molecule has 2 aliphatic rings. The predicted molar refractivity (Wildman–Crippen MR) is 242 cm³/mol. The molecule has 6 aromatic rings. The van der Waals surface area contributed by atoms with Gasteiger partial charge in [0.2, 0.25) is 0 Å². The molecule has 60 heavy (non-hydrogen) atoms. The molecule has 8 rings (SSSR count). The minimum absolute atomic E-state index is 0.0887. The van der Waals surface area contributed by atoms with E-state index in [0.717, 1.165) is 80.3 Å². The maximum absolute atomic E-state index is 13.8. The van der Waals surface area contributed by atoms with E-state index in [-0.39, 0.29) is 28.1 Å². The van der Waals surface area contributed by atoms with Crippen LogP contribution in [0.3, 0.4) is 0 Å². The normalized spacial score (nSPS) is 15.8. The number of morpholine rings is 1. The maximum Gasteiger partial charge on any atom is 0.293 e. The van der Waals surface area contributed by atoms with Crippen molar-refractivity contribution in [2.75, 3.05) is 79.7 Å². The van der Waals surface area contributed by atoms with Gasteiger partial charge in [-0.3, -0.25) is 24.6 Å². The summed E-state index contributed by atoms with van der Waals surface area (Å²) in [6.07, 6.45) is 2.06. The standard InChI is InChI=1S/C43H45ClN8O5S3/c44-33-8-11-37(31-5-2-1-3-6-31)32(25-33)28-50-16-18-51(19-17-50)35-9-12-38-40(26-35)45-30-46-43(38)48-60(55,56)36-10-13-39(41(27-36)52(53)54)47-34(29-59-42-7-4-24-58-42)14-15-49-20-22-57-23-21-49/h1-13,24-27,30,34,47H,14-23,28-29H2,(H,45,46,48). The second kappa shape index (κ2) is 19.3. The average molecular weight is 886 g/mol. The number of halogens is 1. The summed E-state index contributed by atoms with van der Waals surface area (Å²) in [6, 6.07) is 30.0. The number of anilines is 3. The van der Waals surface area contributed by atoms with Crippen LogP contribution >= 0.6 is 34.7 Å². The molecule has 2 saturated heterocycles. The molecule has 17 heteroatoms. The van der Waals surface area contributed by atoms with Gasteiger partial charge in [0.1, 0.15) is 12.0 Å². The van der Waals surface area contributed by atoms with Crippen LogP contribution in [0.2, 0.25) is 5.02 Å². The lowest BCUT2D eigenvalue weighted by atomic mass is 9.99. The number of aromatic nitrogens is 2. The monoisotopic (exact) mass is 884 g/mol. The molecule has 0 spiro atoms. The van der Waals surface area contributed by atoms with Gasteiger partial charge in [0.05, 0.1) is 32.8 Å². The van der Waals surface area contributed by atoms with Gasteiger partial charge in [-0.15, -0.1) is 23.1 Å². The SMILES string of the molecule is O=[N+]([O-])c1cc(S(=O)(=O)Nc2ncnc3cc(N4CCN(Cc5cc(Cl)ccc5-c5ccccc5)CC4)ccc23)ccc1NC(CCN1CCOCC1)CSc1cccs1. The predicted octanol–water partition coefficient (Wildman–Crippen LogP) is 8.34. The third-order valence-electron chi connectivity index (χ3n) is 10.8. The quantitative estimate of drug-likeness (QED) is 0.0548. The summed E-state index contributed by atoms with van der Waals surface area (Å²) in [7, 11) is -4.27. The van der Waals surface area contributed by atoms with E-state index in [0.29, 0.717) is 34.9 Å². The van der Waals surface area contributed by atoms with Crippen LogP contribution in [-0.2, 0) is 21.3 Å². The summed E-state index contributed by atoms with van der Waals surface area (Å²) in [5.74, 6) is 0.771. The van der Waals surface area contributed by atoms with Gasteiger partial charge in [-0.05, 0) is 77.0 Å². The van der Waals surface area contributed by atoms with Gasteiger partial charge in [0.25, 0.3) is 15.7 Å². The lowest BCUT2D eigenvalue weighted by Gasteiger charge is -2.36. The number of hydrogen-bond acceptors (Lipinski definition) is 13. The van der Waals surface area contributed by atoms with Gasteiger partial charge < -0.3 is 15.0 Å². The highest BCUT2D eigenvalue weighted by molar-refractivity contribution is 8.01. The van der Waals surface area contributed by atoms with Crippen LogP contribution in [0.4, 0.5) is 22.9 Å². The zero-order valence-electron chi connectivity index (χ0n) is 32.8. The highest BCUT2D eigenvalue weighted by atomic mass is 35.5. The number of thioether (sulfide) groups is 1. The molecule has 2 fully saturated rings. The Kier molecular flexibility index (Phi) is 13.5. The summed E-state index contributed by atoms with van der Waals surface area (Å²) in [6.45, 7) is 7.92. The van der Waals surface area contributed by atoms with Crippen LogP contribution in [0, 0.1) is 10.1 Å². The van der Waals surface area contributed by atoms with E-state index in [1.807, 2.05) is 53.9 Å². The molecule has 0 bridgehead atoms. The van der Waals surface area contributed by atoms with Crippen LogP contribution < -0.4 is 14.9 Å². The number of thiophene rings is 1. The molecule has 2 aliphatic heterocycles. The van der Waals surface area contributed by atoms with Gasteiger partial charge in [-0.2, -0.15) is 0 Å². The Bertz CT molecular complexity index is 2520. The summed E-state index contributed by atoms with van der Waals surface area (Å²) in [4.78, 5) is 27.4.